The van der Waals surface area contributed by atoms with Crippen LogP contribution in [0.2, 0.25) is 5.02 Å². The van der Waals surface area contributed by atoms with Crippen molar-refractivity contribution in [2.45, 2.75) is 45.4 Å². The van der Waals surface area contributed by atoms with Gasteiger partial charge in [0, 0.05) is 19.3 Å². The molecule has 1 aromatic heterocycles. The monoisotopic (exact) mass is 321 g/mol. The van der Waals surface area contributed by atoms with Gasteiger partial charge in [0.05, 0.1) is 16.9 Å². The van der Waals surface area contributed by atoms with Crippen LogP contribution >= 0.6 is 11.6 Å². The lowest BCUT2D eigenvalue weighted by molar-refractivity contribution is 0.0237. The molecule has 2 aliphatic rings. The fourth-order valence-corrected chi connectivity index (χ4v) is 4.21. The molecule has 1 saturated carbocycles. The van der Waals surface area contributed by atoms with E-state index in [-0.39, 0.29) is 6.03 Å². The highest BCUT2D eigenvalue weighted by Gasteiger charge is 2.42. The van der Waals surface area contributed by atoms with Crippen LogP contribution in [0, 0.1) is 11.3 Å². The first-order valence-corrected chi connectivity index (χ1v) is 8.63. The number of nitrogens with zero attached hydrogens (tertiary/aromatic N) is 2. The molecule has 2 fully saturated rings. The number of nitrogens with one attached hydrogen (secondary N) is 1. The zero-order chi connectivity index (χ0) is 15.6. The van der Waals surface area contributed by atoms with Crippen molar-refractivity contribution in [2.24, 2.45) is 11.3 Å². The summed E-state index contributed by atoms with van der Waals surface area (Å²) in [5.74, 6) is 0.713. The van der Waals surface area contributed by atoms with Gasteiger partial charge >= 0.3 is 6.03 Å². The largest absolute Gasteiger partial charge is 0.324 e. The maximum atomic E-state index is 12.6. The first-order valence-electron chi connectivity index (χ1n) is 8.26. The van der Waals surface area contributed by atoms with Crippen LogP contribution in [0.1, 0.15) is 45.4 Å². The number of carbonyl (C=O) groups excluding carboxylic acids is 1. The number of halogens is 1. The first kappa shape index (κ1) is 15.6. The van der Waals surface area contributed by atoms with Crippen molar-refractivity contribution in [1.82, 2.24) is 9.88 Å². The van der Waals surface area contributed by atoms with Crippen LogP contribution in [0.5, 0.6) is 0 Å². The maximum absolute atomic E-state index is 12.6. The number of amides is 2. The number of pyridine rings is 1. The van der Waals surface area contributed by atoms with E-state index in [1.165, 1.54) is 32.1 Å². The quantitative estimate of drug-likeness (QED) is 0.824. The van der Waals surface area contributed by atoms with Crippen LogP contribution in [-0.4, -0.2) is 29.0 Å². The lowest BCUT2D eigenvalue weighted by atomic mass is 9.63. The molecule has 1 aromatic rings. The van der Waals surface area contributed by atoms with E-state index in [0.717, 1.165) is 19.5 Å². The van der Waals surface area contributed by atoms with Crippen molar-refractivity contribution in [1.29, 1.82) is 0 Å². The van der Waals surface area contributed by atoms with Crippen LogP contribution < -0.4 is 5.32 Å². The first-order chi connectivity index (χ1) is 10.6. The minimum atomic E-state index is -0.0269. The molecular weight excluding hydrogens is 298 g/mol. The van der Waals surface area contributed by atoms with Crippen molar-refractivity contribution < 1.29 is 4.79 Å². The number of urea groups is 1. The van der Waals surface area contributed by atoms with E-state index < -0.39 is 0 Å². The molecule has 0 aromatic carbocycles. The molecule has 1 aliphatic carbocycles. The highest BCUT2D eigenvalue weighted by molar-refractivity contribution is 6.30. The molecular formula is C17H24ClN3O. The van der Waals surface area contributed by atoms with Gasteiger partial charge in [-0.25, -0.2) is 4.79 Å². The molecule has 1 unspecified atom stereocenters. The average molecular weight is 322 g/mol. The highest BCUT2D eigenvalue weighted by atomic mass is 35.5. The van der Waals surface area contributed by atoms with Crippen LogP contribution in [0.4, 0.5) is 10.5 Å². The third kappa shape index (κ3) is 3.22. The Kier molecular flexibility index (Phi) is 4.57. The van der Waals surface area contributed by atoms with E-state index in [9.17, 15) is 4.79 Å². The molecule has 3 rings (SSSR count). The van der Waals surface area contributed by atoms with Crippen molar-refractivity contribution in [3.8, 4) is 0 Å². The number of likely N-dealkylation sites (tertiary alicyclic amines) is 1. The lowest BCUT2D eigenvalue weighted by Gasteiger charge is -2.49. The van der Waals surface area contributed by atoms with Crippen molar-refractivity contribution in [3.05, 3.63) is 23.5 Å². The van der Waals surface area contributed by atoms with Crippen LogP contribution in [-0.2, 0) is 0 Å². The number of hydrogen-bond donors (Lipinski definition) is 1. The topological polar surface area (TPSA) is 45.2 Å². The summed E-state index contributed by atoms with van der Waals surface area (Å²) in [7, 11) is 0. The Morgan fingerprint density at radius 2 is 2.14 bits per heavy atom. The maximum Gasteiger partial charge on any atom is 0.321 e. The molecule has 2 amide bonds. The van der Waals surface area contributed by atoms with Crippen molar-refractivity contribution in [3.63, 3.8) is 0 Å². The molecule has 1 spiro atoms. The Bertz CT molecular complexity index is 542. The van der Waals surface area contributed by atoms with E-state index >= 15 is 0 Å². The van der Waals surface area contributed by atoms with E-state index in [2.05, 4.69) is 17.2 Å². The molecule has 1 N–H and O–H groups in total. The van der Waals surface area contributed by atoms with E-state index in [0.29, 0.717) is 22.0 Å². The number of carbonyl (C=O) groups is 1. The number of rotatable bonds is 1. The van der Waals surface area contributed by atoms with Crippen LogP contribution in [0.15, 0.2) is 18.5 Å². The van der Waals surface area contributed by atoms with Crippen LogP contribution in [0.25, 0.3) is 0 Å². The standard InChI is InChI=1S/C17H24ClN3O/c1-13-5-8-21(12-17(13)6-3-2-4-7-17)16(22)20-15-9-14(18)10-19-11-15/h9-11,13H,2-8,12H2,1H3,(H,20,22). The van der Waals surface area contributed by atoms with E-state index in [1.54, 1.807) is 18.5 Å². The Morgan fingerprint density at radius 1 is 1.36 bits per heavy atom. The predicted molar refractivity (Wildman–Crippen MR) is 89.1 cm³/mol. The van der Waals surface area contributed by atoms with E-state index in [4.69, 9.17) is 11.6 Å². The van der Waals surface area contributed by atoms with Gasteiger partial charge < -0.3 is 10.2 Å². The molecule has 1 saturated heterocycles. The molecule has 4 nitrogen and oxygen atoms in total. The van der Waals surface area contributed by atoms with Gasteiger partial charge in [-0.1, -0.05) is 37.8 Å². The molecule has 0 radical (unpaired) electrons. The van der Waals surface area contributed by atoms with Crippen LogP contribution in [0.3, 0.4) is 0 Å². The van der Waals surface area contributed by atoms with E-state index in [1.807, 2.05) is 4.90 Å². The molecule has 2 heterocycles. The molecule has 0 bridgehead atoms. The molecule has 1 atom stereocenters. The highest BCUT2D eigenvalue weighted by Crippen LogP contribution is 2.46. The van der Waals surface area contributed by atoms with Gasteiger partial charge in [0.15, 0.2) is 0 Å². The average Bonchev–Trinajstić information content (AvgIpc) is 2.51. The summed E-state index contributed by atoms with van der Waals surface area (Å²) in [6, 6.07) is 1.70. The summed E-state index contributed by atoms with van der Waals surface area (Å²) in [6.45, 7) is 4.08. The van der Waals surface area contributed by atoms with Gasteiger partial charge in [-0.2, -0.15) is 0 Å². The third-order valence-corrected chi connectivity index (χ3v) is 5.68. The van der Waals surface area contributed by atoms with Crippen molar-refractivity contribution >= 4 is 23.3 Å². The zero-order valence-corrected chi connectivity index (χ0v) is 13.9. The van der Waals surface area contributed by atoms with Gasteiger partial charge in [-0.3, -0.25) is 4.98 Å². The summed E-state index contributed by atoms with van der Waals surface area (Å²) in [5.41, 5.74) is 0.995. The summed E-state index contributed by atoms with van der Waals surface area (Å²) in [5, 5.41) is 3.47. The molecule has 22 heavy (non-hydrogen) atoms. The number of hydrogen-bond acceptors (Lipinski definition) is 2. The number of aromatic nitrogens is 1. The van der Waals surface area contributed by atoms with Gasteiger partial charge in [0.2, 0.25) is 0 Å². The summed E-state index contributed by atoms with van der Waals surface area (Å²) < 4.78 is 0. The third-order valence-electron chi connectivity index (χ3n) is 5.48. The Labute approximate surface area is 137 Å². The second-order valence-corrected chi connectivity index (χ2v) is 7.29. The summed E-state index contributed by atoms with van der Waals surface area (Å²) in [6.07, 6.45) is 10.8. The minimum absolute atomic E-state index is 0.0269. The second kappa shape index (κ2) is 6.45. The summed E-state index contributed by atoms with van der Waals surface area (Å²) in [4.78, 5) is 18.5. The predicted octanol–water partition coefficient (Wildman–Crippen LogP) is 4.56. The SMILES string of the molecule is CC1CCN(C(=O)Nc2cncc(Cl)c2)CC12CCCCC2. The summed E-state index contributed by atoms with van der Waals surface area (Å²) >= 11 is 5.92. The minimum Gasteiger partial charge on any atom is -0.324 e. The molecule has 5 heteroatoms. The fraction of sp³-hybridized carbons (Fsp3) is 0.647. The fourth-order valence-electron chi connectivity index (χ4n) is 4.03. The van der Waals surface area contributed by atoms with Gasteiger partial charge in [-0.05, 0) is 36.7 Å². The smallest absolute Gasteiger partial charge is 0.321 e. The second-order valence-electron chi connectivity index (χ2n) is 6.86. The van der Waals surface area contributed by atoms with Gasteiger partial charge in [0.1, 0.15) is 0 Å². The molecule has 120 valence electrons. The Hall–Kier alpha value is -1.29. The Balaban J connectivity index is 1.68. The lowest BCUT2D eigenvalue weighted by Crippen LogP contribution is -2.52. The zero-order valence-electron chi connectivity index (χ0n) is 13.1. The number of anilines is 1. The molecule has 1 aliphatic heterocycles. The van der Waals surface area contributed by atoms with Gasteiger partial charge in [-0.15, -0.1) is 0 Å². The van der Waals surface area contributed by atoms with Gasteiger partial charge in [0.25, 0.3) is 0 Å². The Morgan fingerprint density at radius 3 is 2.86 bits per heavy atom. The number of piperidine rings is 1. The van der Waals surface area contributed by atoms with Crippen molar-refractivity contribution in [2.75, 3.05) is 18.4 Å². The normalized spacial score (nSPS) is 24.3.